The molecule has 4 heteroatoms. The van der Waals surface area contributed by atoms with Crippen LogP contribution in [0.2, 0.25) is 0 Å². The molecule has 4 aromatic rings. The van der Waals surface area contributed by atoms with Crippen LogP contribution in [0.25, 0.3) is 21.9 Å². The van der Waals surface area contributed by atoms with E-state index in [0.717, 1.165) is 33.2 Å². The van der Waals surface area contributed by atoms with Crippen molar-refractivity contribution in [1.82, 2.24) is 10.3 Å². The topological polar surface area (TPSA) is 54.4 Å². The first-order valence-corrected chi connectivity index (χ1v) is 9.24. The molecular formula is C24H22N2O2. The maximum atomic E-state index is 9.92. The van der Waals surface area contributed by atoms with Gasteiger partial charge in [0, 0.05) is 36.4 Å². The molecular weight excluding hydrogens is 348 g/mol. The third-order valence-corrected chi connectivity index (χ3v) is 4.91. The van der Waals surface area contributed by atoms with E-state index < -0.39 is 0 Å². The molecule has 28 heavy (non-hydrogen) atoms. The third-order valence-electron chi connectivity index (χ3n) is 4.91. The van der Waals surface area contributed by atoms with Gasteiger partial charge in [0.15, 0.2) is 0 Å². The molecule has 1 aromatic heterocycles. The Bertz CT molecular complexity index is 1110. The van der Waals surface area contributed by atoms with Crippen molar-refractivity contribution in [2.45, 2.75) is 13.1 Å². The zero-order valence-electron chi connectivity index (χ0n) is 15.7. The molecule has 0 bridgehead atoms. The molecule has 2 N–H and O–H groups in total. The highest BCUT2D eigenvalue weighted by Gasteiger charge is 2.09. The van der Waals surface area contributed by atoms with Crippen molar-refractivity contribution in [2.75, 3.05) is 7.11 Å². The third kappa shape index (κ3) is 3.68. The number of rotatable bonds is 6. The largest absolute Gasteiger partial charge is 0.508 e. The summed E-state index contributed by atoms with van der Waals surface area (Å²) in [4.78, 5) is 4.33. The Balaban J connectivity index is 1.63. The van der Waals surface area contributed by atoms with E-state index in [-0.39, 0.29) is 0 Å². The number of pyridine rings is 1. The monoisotopic (exact) mass is 370 g/mol. The zero-order valence-corrected chi connectivity index (χ0v) is 15.7. The highest BCUT2D eigenvalue weighted by molar-refractivity contribution is 5.98. The van der Waals surface area contributed by atoms with Crippen molar-refractivity contribution in [3.8, 4) is 22.6 Å². The Morgan fingerprint density at radius 3 is 2.61 bits per heavy atom. The number of phenolic OH excluding ortho intramolecular Hbond substituents is 1. The summed E-state index contributed by atoms with van der Waals surface area (Å²) in [6.07, 6.45) is 3.74. The van der Waals surface area contributed by atoms with Crippen LogP contribution in [0, 0.1) is 0 Å². The van der Waals surface area contributed by atoms with Gasteiger partial charge in [0.1, 0.15) is 11.5 Å². The normalized spacial score (nSPS) is 10.9. The highest BCUT2D eigenvalue weighted by atomic mass is 16.5. The van der Waals surface area contributed by atoms with Gasteiger partial charge < -0.3 is 15.2 Å². The standard InChI is InChI=1S/C24H22N2O2/c1-28-20-7-4-6-17(13-20)21-10-9-18(23-16-25-12-11-22(21)23)14-26-15-19-5-2-3-8-24(19)27/h2-13,16,26-27H,14-15H2,1H3. The predicted molar refractivity (Wildman–Crippen MR) is 112 cm³/mol. The average Bonchev–Trinajstić information content (AvgIpc) is 2.75. The van der Waals surface area contributed by atoms with Crippen molar-refractivity contribution < 1.29 is 9.84 Å². The molecule has 0 aliphatic rings. The van der Waals surface area contributed by atoms with Crippen LogP contribution in [-0.4, -0.2) is 17.2 Å². The fraction of sp³-hybridized carbons (Fsp3) is 0.125. The van der Waals surface area contributed by atoms with Crippen molar-refractivity contribution in [3.63, 3.8) is 0 Å². The minimum Gasteiger partial charge on any atom is -0.508 e. The molecule has 140 valence electrons. The number of aromatic hydroxyl groups is 1. The van der Waals surface area contributed by atoms with E-state index >= 15 is 0 Å². The van der Waals surface area contributed by atoms with E-state index in [2.05, 4.69) is 34.6 Å². The Hall–Kier alpha value is -3.37. The lowest BCUT2D eigenvalue weighted by molar-refractivity contribution is 0.415. The number of nitrogens with one attached hydrogen (secondary N) is 1. The summed E-state index contributed by atoms with van der Waals surface area (Å²) >= 11 is 0. The van der Waals surface area contributed by atoms with Gasteiger partial charge >= 0.3 is 0 Å². The summed E-state index contributed by atoms with van der Waals surface area (Å²) in [5.41, 5.74) is 4.33. The van der Waals surface area contributed by atoms with E-state index in [4.69, 9.17) is 4.74 Å². The number of aromatic nitrogens is 1. The number of fused-ring (bicyclic) bond motifs is 1. The number of ether oxygens (including phenoxy) is 1. The number of phenols is 1. The Morgan fingerprint density at radius 1 is 0.893 bits per heavy atom. The molecule has 1 heterocycles. The van der Waals surface area contributed by atoms with Crippen LogP contribution in [0.4, 0.5) is 0 Å². The first-order chi connectivity index (χ1) is 13.8. The second kappa shape index (κ2) is 8.11. The highest BCUT2D eigenvalue weighted by Crippen LogP contribution is 2.32. The molecule has 0 aliphatic carbocycles. The number of nitrogens with zero attached hydrogens (tertiary/aromatic N) is 1. The van der Waals surface area contributed by atoms with E-state index in [1.807, 2.05) is 48.8 Å². The van der Waals surface area contributed by atoms with Gasteiger partial charge in [-0.2, -0.15) is 0 Å². The van der Waals surface area contributed by atoms with E-state index in [1.54, 1.807) is 13.2 Å². The zero-order chi connectivity index (χ0) is 19.3. The second-order valence-corrected chi connectivity index (χ2v) is 6.66. The summed E-state index contributed by atoms with van der Waals surface area (Å²) in [5.74, 6) is 1.16. The number of benzene rings is 3. The molecule has 4 rings (SSSR count). The van der Waals surface area contributed by atoms with Gasteiger partial charge in [0.2, 0.25) is 0 Å². The number of hydrogen-bond acceptors (Lipinski definition) is 4. The molecule has 0 amide bonds. The molecule has 0 saturated heterocycles. The predicted octanol–water partition coefficient (Wildman–Crippen LogP) is 4.91. The van der Waals surface area contributed by atoms with E-state index in [0.29, 0.717) is 18.8 Å². The van der Waals surface area contributed by atoms with Crippen LogP contribution in [0.5, 0.6) is 11.5 Å². The lowest BCUT2D eigenvalue weighted by atomic mass is 9.96. The fourth-order valence-electron chi connectivity index (χ4n) is 3.44. The number of para-hydroxylation sites is 1. The minimum absolute atomic E-state index is 0.315. The van der Waals surface area contributed by atoms with Gasteiger partial charge in [-0.1, -0.05) is 42.5 Å². The maximum absolute atomic E-state index is 9.92. The van der Waals surface area contributed by atoms with Gasteiger partial charge in [0.25, 0.3) is 0 Å². The Labute approximate surface area is 164 Å². The molecule has 0 fully saturated rings. The minimum atomic E-state index is 0.315. The number of hydrogen-bond donors (Lipinski definition) is 2. The van der Waals surface area contributed by atoms with Gasteiger partial charge in [-0.15, -0.1) is 0 Å². The summed E-state index contributed by atoms with van der Waals surface area (Å²) in [5, 5.41) is 15.6. The molecule has 0 aliphatic heterocycles. The van der Waals surface area contributed by atoms with Crippen LogP contribution >= 0.6 is 0 Å². The quantitative estimate of drug-likeness (QED) is 0.507. The second-order valence-electron chi connectivity index (χ2n) is 6.66. The van der Waals surface area contributed by atoms with Crippen LogP contribution in [-0.2, 0) is 13.1 Å². The summed E-state index contributed by atoms with van der Waals surface area (Å²) in [7, 11) is 1.68. The van der Waals surface area contributed by atoms with Gasteiger partial charge in [-0.3, -0.25) is 4.98 Å². The molecule has 0 saturated carbocycles. The molecule has 0 radical (unpaired) electrons. The van der Waals surface area contributed by atoms with E-state index in [9.17, 15) is 5.11 Å². The molecule has 0 atom stereocenters. The van der Waals surface area contributed by atoms with Crippen LogP contribution in [0.15, 0.2) is 79.1 Å². The molecule has 3 aromatic carbocycles. The number of methoxy groups -OCH3 is 1. The lowest BCUT2D eigenvalue weighted by Gasteiger charge is -2.13. The Morgan fingerprint density at radius 2 is 1.75 bits per heavy atom. The molecule has 0 unspecified atom stereocenters. The van der Waals surface area contributed by atoms with Crippen molar-refractivity contribution >= 4 is 10.8 Å². The van der Waals surface area contributed by atoms with Crippen LogP contribution in [0.3, 0.4) is 0 Å². The van der Waals surface area contributed by atoms with Crippen molar-refractivity contribution in [3.05, 3.63) is 90.3 Å². The first kappa shape index (κ1) is 18.0. The molecule has 4 nitrogen and oxygen atoms in total. The van der Waals surface area contributed by atoms with Crippen LogP contribution in [0.1, 0.15) is 11.1 Å². The summed E-state index contributed by atoms with van der Waals surface area (Å²) in [6, 6.07) is 21.8. The smallest absolute Gasteiger partial charge is 0.120 e. The summed E-state index contributed by atoms with van der Waals surface area (Å²) in [6.45, 7) is 1.29. The van der Waals surface area contributed by atoms with Gasteiger partial charge in [-0.25, -0.2) is 0 Å². The van der Waals surface area contributed by atoms with Gasteiger partial charge in [-0.05, 0) is 46.3 Å². The van der Waals surface area contributed by atoms with Crippen molar-refractivity contribution in [2.24, 2.45) is 0 Å². The van der Waals surface area contributed by atoms with Crippen molar-refractivity contribution in [1.29, 1.82) is 0 Å². The Kier molecular flexibility index (Phi) is 5.22. The SMILES string of the molecule is COc1cccc(-c2ccc(CNCc3ccccc3O)c3cnccc23)c1. The van der Waals surface area contributed by atoms with E-state index in [1.165, 1.54) is 5.56 Å². The average molecular weight is 370 g/mol. The maximum Gasteiger partial charge on any atom is 0.120 e. The van der Waals surface area contributed by atoms with Crippen LogP contribution < -0.4 is 10.1 Å². The van der Waals surface area contributed by atoms with Gasteiger partial charge in [0.05, 0.1) is 7.11 Å². The fourth-order valence-corrected chi connectivity index (χ4v) is 3.44. The first-order valence-electron chi connectivity index (χ1n) is 9.24. The summed E-state index contributed by atoms with van der Waals surface area (Å²) < 4.78 is 5.37. The molecule has 0 spiro atoms. The lowest BCUT2D eigenvalue weighted by Crippen LogP contribution is -2.13.